The molecule has 1 fully saturated rings. The lowest BCUT2D eigenvalue weighted by molar-refractivity contribution is -0.119. The number of carbonyl (C=O) groups excluding carboxylic acids is 2. The zero-order valence-electron chi connectivity index (χ0n) is 13.2. The third-order valence-corrected chi connectivity index (χ3v) is 3.88. The molecule has 2 aromatic rings. The predicted octanol–water partition coefficient (Wildman–Crippen LogP) is 2.82. The van der Waals surface area contributed by atoms with Gasteiger partial charge in [-0.2, -0.15) is 0 Å². The summed E-state index contributed by atoms with van der Waals surface area (Å²) in [5, 5.41) is 5.19. The van der Waals surface area contributed by atoms with Crippen molar-refractivity contribution in [3.63, 3.8) is 0 Å². The molecule has 1 unspecified atom stereocenters. The molecule has 1 heterocycles. The van der Waals surface area contributed by atoms with Crippen molar-refractivity contribution in [1.82, 2.24) is 10.6 Å². The Balaban J connectivity index is 1.65. The van der Waals surface area contributed by atoms with Gasteiger partial charge in [-0.3, -0.25) is 4.79 Å². The van der Waals surface area contributed by atoms with E-state index in [-0.39, 0.29) is 24.5 Å². The number of nitrogens with one attached hydrogen (secondary N) is 2. The monoisotopic (exact) mass is 346 g/mol. The van der Waals surface area contributed by atoms with E-state index in [4.69, 9.17) is 4.74 Å². The second-order valence-electron chi connectivity index (χ2n) is 5.76. The van der Waals surface area contributed by atoms with Crippen molar-refractivity contribution in [2.24, 2.45) is 0 Å². The van der Waals surface area contributed by atoms with Crippen LogP contribution in [0.2, 0.25) is 0 Å². The van der Waals surface area contributed by atoms with Gasteiger partial charge >= 0.3 is 6.09 Å². The number of hydrogen-bond donors (Lipinski definition) is 2. The Morgan fingerprint density at radius 2 is 1.84 bits per heavy atom. The van der Waals surface area contributed by atoms with E-state index >= 15 is 0 Å². The molecule has 1 aliphatic heterocycles. The van der Waals surface area contributed by atoms with Crippen LogP contribution < -0.4 is 10.6 Å². The van der Waals surface area contributed by atoms with Gasteiger partial charge in [0.25, 0.3) is 0 Å². The number of ether oxygens (including phenoxy) is 1. The van der Waals surface area contributed by atoms with Crippen molar-refractivity contribution in [2.45, 2.75) is 25.1 Å². The van der Waals surface area contributed by atoms with Crippen molar-refractivity contribution in [3.8, 4) is 0 Å². The van der Waals surface area contributed by atoms with Gasteiger partial charge < -0.3 is 15.4 Å². The van der Waals surface area contributed by atoms with Crippen molar-refractivity contribution >= 4 is 12.0 Å². The highest BCUT2D eigenvalue weighted by molar-refractivity contribution is 5.81. The first-order valence-electron chi connectivity index (χ1n) is 7.74. The van der Waals surface area contributed by atoms with Crippen molar-refractivity contribution in [2.75, 3.05) is 0 Å². The maximum atomic E-state index is 13.4. The summed E-state index contributed by atoms with van der Waals surface area (Å²) in [4.78, 5) is 23.6. The molecule has 2 aromatic carbocycles. The van der Waals surface area contributed by atoms with Crippen LogP contribution in [0.4, 0.5) is 13.6 Å². The van der Waals surface area contributed by atoms with Crippen LogP contribution in [0, 0.1) is 11.6 Å². The van der Waals surface area contributed by atoms with Gasteiger partial charge in [-0.25, -0.2) is 13.6 Å². The molecule has 0 spiro atoms. The van der Waals surface area contributed by atoms with Gasteiger partial charge in [0.15, 0.2) is 0 Å². The number of hydrogen-bond acceptors (Lipinski definition) is 3. The Kier molecular flexibility index (Phi) is 4.92. The zero-order valence-corrected chi connectivity index (χ0v) is 13.2. The number of carbonyl (C=O) groups is 2. The Morgan fingerprint density at radius 3 is 2.52 bits per heavy atom. The van der Waals surface area contributed by atoms with Crippen LogP contribution in [0.3, 0.4) is 0 Å². The van der Waals surface area contributed by atoms with Gasteiger partial charge in [-0.15, -0.1) is 0 Å². The quantitative estimate of drug-likeness (QED) is 0.895. The minimum atomic E-state index is -0.749. The van der Waals surface area contributed by atoms with E-state index in [0.29, 0.717) is 0 Å². The second kappa shape index (κ2) is 7.29. The fourth-order valence-electron chi connectivity index (χ4n) is 2.77. The van der Waals surface area contributed by atoms with E-state index in [1.165, 1.54) is 0 Å². The van der Waals surface area contributed by atoms with Crippen molar-refractivity contribution in [3.05, 3.63) is 71.3 Å². The first kappa shape index (κ1) is 16.9. The van der Waals surface area contributed by atoms with Crippen LogP contribution in [0.25, 0.3) is 0 Å². The predicted molar refractivity (Wildman–Crippen MR) is 85.4 cm³/mol. The average Bonchev–Trinajstić information content (AvgIpc) is 2.93. The van der Waals surface area contributed by atoms with E-state index in [2.05, 4.69) is 10.6 Å². The maximum Gasteiger partial charge on any atom is 0.407 e. The summed E-state index contributed by atoms with van der Waals surface area (Å²) in [7, 11) is 0. The molecule has 0 saturated carbocycles. The van der Waals surface area contributed by atoms with E-state index in [0.717, 1.165) is 23.8 Å². The standard InChI is InChI=1S/C18H16F2N2O3/c19-13-6-12(7-14(20)8-13)17-15(9-16(23)22-17)21-18(24)25-10-11-4-2-1-3-5-11/h1-8,15,17H,9-10H2,(H,21,24)(H,22,23)/t15-,17?/m0/s1. The summed E-state index contributed by atoms with van der Waals surface area (Å²) in [5.41, 5.74) is 1.07. The molecule has 2 atom stereocenters. The summed E-state index contributed by atoms with van der Waals surface area (Å²) in [5.74, 6) is -1.81. The lowest BCUT2D eigenvalue weighted by Crippen LogP contribution is -2.38. The van der Waals surface area contributed by atoms with E-state index in [9.17, 15) is 18.4 Å². The number of rotatable bonds is 4. The lowest BCUT2D eigenvalue weighted by Gasteiger charge is -2.20. The first-order valence-corrected chi connectivity index (χ1v) is 7.74. The molecule has 3 rings (SSSR count). The fraction of sp³-hybridized carbons (Fsp3) is 0.222. The number of benzene rings is 2. The van der Waals surface area contributed by atoms with Crippen LogP contribution in [0.15, 0.2) is 48.5 Å². The summed E-state index contributed by atoms with van der Waals surface area (Å²) in [6, 6.07) is 10.7. The van der Waals surface area contributed by atoms with Gasteiger partial charge in [0.2, 0.25) is 5.91 Å². The smallest absolute Gasteiger partial charge is 0.407 e. The number of halogens is 2. The molecule has 1 saturated heterocycles. The zero-order chi connectivity index (χ0) is 17.8. The minimum absolute atomic E-state index is 0.00321. The van der Waals surface area contributed by atoms with Crippen LogP contribution in [0.5, 0.6) is 0 Å². The van der Waals surface area contributed by atoms with Gasteiger partial charge in [-0.1, -0.05) is 30.3 Å². The summed E-state index contributed by atoms with van der Waals surface area (Å²) in [6.45, 7) is 0.0834. The highest BCUT2D eigenvalue weighted by atomic mass is 19.1. The summed E-state index contributed by atoms with van der Waals surface area (Å²) < 4.78 is 31.9. The molecule has 5 nitrogen and oxygen atoms in total. The topological polar surface area (TPSA) is 67.4 Å². The maximum absolute atomic E-state index is 13.4. The highest BCUT2D eigenvalue weighted by Gasteiger charge is 2.35. The number of amides is 2. The average molecular weight is 346 g/mol. The fourth-order valence-corrected chi connectivity index (χ4v) is 2.77. The van der Waals surface area contributed by atoms with Gasteiger partial charge in [-0.05, 0) is 23.3 Å². The molecule has 0 aromatic heterocycles. The molecule has 0 bridgehead atoms. The molecule has 25 heavy (non-hydrogen) atoms. The van der Waals surface area contributed by atoms with Crippen LogP contribution in [0.1, 0.15) is 23.6 Å². The Hall–Kier alpha value is -2.96. The van der Waals surface area contributed by atoms with Gasteiger partial charge in [0.1, 0.15) is 18.2 Å². The molecule has 2 N–H and O–H groups in total. The normalized spacial score (nSPS) is 19.4. The molecule has 2 amide bonds. The minimum Gasteiger partial charge on any atom is -0.445 e. The van der Waals surface area contributed by atoms with Crippen LogP contribution >= 0.6 is 0 Å². The van der Waals surface area contributed by atoms with Gasteiger partial charge in [0, 0.05) is 12.5 Å². The van der Waals surface area contributed by atoms with E-state index in [1.54, 1.807) is 0 Å². The van der Waals surface area contributed by atoms with E-state index < -0.39 is 29.8 Å². The Labute approximate surface area is 143 Å². The van der Waals surface area contributed by atoms with Crippen molar-refractivity contribution in [1.29, 1.82) is 0 Å². The third-order valence-electron chi connectivity index (χ3n) is 3.88. The third kappa shape index (κ3) is 4.32. The molecule has 1 aliphatic rings. The molecular formula is C18H16F2N2O3. The summed E-state index contributed by atoms with van der Waals surface area (Å²) >= 11 is 0. The Morgan fingerprint density at radius 1 is 1.16 bits per heavy atom. The van der Waals surface area contributed by atoms with Crippen molar-refractivity contribution < 1.29 is 23.1 Å². The first-order chi connectivity index (χ1) is 12.0. The number of alkyl carbamates (subject to hydrolysis) is 1. The molecule has 7 heteroatoms. The van der Waals surface area contributed by atoms with Gasteiger partial charge in [0.05, 0.1) is 12.1 Å². The Bertz CT molecular complexity index is 763. The largest absolute Gasteiger partial charge is 0.445 e. The molecular weight excluding hydrogens is 330 g/mol. The molecule has 0 radical (unpaired) electrons. The molecule has 130 valence electrons. The van der Waals surface area contributed by atoms with Crippen LogP contribution in [-0.4, -0.2) is 18.0 Å². The second-order valence-corrected chi connectivity index (χ2v) is 5.76. The van der Waals surface area contributed by atoms with Crippen LogP contribution in [-0.2, 0) is 16.1 Å². The van der Waals surface area contributed by atoms with E-state index in [1.807, 2.05) is 30.3 Å². The summed E-state index contributed by atoms with van der Waals surface area (Å²) in [6.07, 6.45) is -0.698. The lowest BCUT2D eigenvalue weighted by atomic mass is 10.0. The molecule has 0 aliphatic carbocycles. The highest BCUT2D eigenvalue weighted by Crippen LogP contribution is 2.26. The SMILES string of the molecule is O=C1C[C@H](NC(=O)OCc2ccccc2)C(c2cc(F)cc(F)c2)N1.